The highest BCUT2D eigenvalue weighted by Gasteiger charge is 2.21. The molecule has 3 unspecified atom stereocenters. The number of hydrogen-bond acceptors (Lipinski definition) is 3. The molecule has 0 saturated carbocycles. The lowest BCUT2D eigenvalue weighted by Crippen LogP contribution is -2.34. The summed E-state index contributed by atoms with van der Waals surface area (Å²) >= 11 is 0. The number of aliphatic hydroxyl groups excluding tert-OH is 2. The van der Waals surface area contributed by atoms with E-state index in [0.717, 1.165) is 19.3 Å². The number of aliphatic hydroxyl groups is 2. The molecule has 0 radical (unpaired) electrons. The summed E-state index contributed by atoms with van der Waals surface area (Å²) in [7, 11) is 0. The van der Waals surface area contributed by atoms with Gasteiger partial charge in [0.15, 0.2) is 0 Å². The second kappa shape index (κ2) is 17.7. The molecule has 0 heterocycles. The summed E-state index contributed by atoms with van der Waals surface area (Å²) in [4.78, 5) is 0. The Morgan fingerprint density at radius 3 is 1.71 bits per heavy atom. The maximum Gasteiger partial charge on any atom is 0.103 e. The lowest BCUT2D eigenvalue weighted by Gasteiger charge is -2.26. The molecule has 0 aliphatic heterocycles. The minimum atomic E-state index is -0.743. The lowest BCUT2D eigenvalue weighted by molar-refractivity contribution is -0.0918. The maximum atomic E-state index is 9.99. The van der Waals surface area contributed by atoms with Crippen molar-refractivity contribution in [3.05, 3.63) is 0 Å². The number of hydrogen-bond donors (Lipinski definition) is 2. The fourth-order valence-electron chi connectivity index (χ4n) is 3.17. The van der Waals surface area contributed by atoms with Crippen molar-refractivity contribution < 1.29 is 14.9 Å². The minimum Gasteiger partial charge on any atom is -0.394 e. The average molecular weight is 345 g/mol. The summed E-state index contributed by atoms with van der Waals surface area (Å²) in [5.41, 5.74) is 0. The monoisotopic (exact) mass is 344 g/mol. The van der Waals surface area contributed by atoms with Crippen LogP contribution in [0.5, 0.6) is 0 Å². The first kappa shape index (κ1) is 23.9. The van der Waals surface area contributed by atoms with Crippen LogP contribution in [0, 0.1) is 0 Å². The molecule has 146 valence electrons. The Hall–Kier alpha value is -0.120. The highest BCUT2D eigenvalue weighted by molar-refractivity contribution is 4.70. The molecule has 0 aromatic heterocycles. The van der Waals surface area contributed by atoms with Gasteiger partial charge in [-0.2, -0.15) is 0 Å². The van der Waals surface area contributed by atoms with Gasteiger partial charge >= 0.3 is 0 Å². The zero-order chi connectivity index (χ0) is 18.0. The van der Waals surface area contributed by atoms with E-state index >= 15 is 0 Å². The van der Waals surface area contributed by atoms with Gasteiger partial charge in [0.25, 0.3) is 0 Å². The van der Waals surface area contributed by atoms with Gasteiger partial charge in [-0.25, -0.2) is 0 Å². The van der Waals surface area contributed by atoms with E-state index in [2.05, 4.69) is 20.8 Å². The Labute approximate surface area is 151 Å². The van der Waals surface area contributed by atoms with E-state index in [-0.39, 0.29) is 18.8 Å². The molecule has 3 atom stereocenters. The van der Waals surface area contributed by atoms with Crippen LogP contribution < -0.4 is 0 Å². The molecule has 0 aliphatic rings. The molecule has 2 N–H and O–H groups in total. The van der Waals surface area contributed by atoms with E-state index in [1.807, 2.05) is 0 Å². The van der Waals surface area contributed by atoms with E-state index in [1.54, 1.807) is 0 Å². The molecular weight excluding hydrogens is 300 g/mol. The first-order chi connectivity index (χ1) is 11.7. The number of ether oxygens (including phenoxy) is 1. The predicted octanol–water partition coefficient (Wildman–Crippen LogP) is 5.61. The molecule has 0 amide bonds. The summed E-state index contributed by atoms with van der Waals surface area (Å²) in [6.07, 6.45) is 16.4. The molecule has 0 fully saturated rings. The van der Waals surface area contributed by atoms with Gasteiger partial charge in [0.1, 0.15) is 6.10 Å². The van der Waals surface area contributed by atoms with Gasteiger partial charge in [0, 0.05) is 0 Å². The Kier molecular flexibility index (Phi) is 17.6. The largest absolute Gasteiger partial charge is 0.394 e. The van der Waals surface area contributed by atoms with Crippen molar-refractivity contribution >= 4 is 0 Å². The lowest BCUT2D eigenvalue weighted by atomic mass is 10.0. The predicted molar refractivity (Wildman–Crippen MR) is 103 cm³/mol. The van der Waals surface area contributed by atoms with Crippen molar-refractivity contribution in [2.45, 2.75) is 129 Å². The van der Waals surface area contributed by atoms with Gasteiger partial charge in [-0.15, -0.1) is 0 Å². The molecule has 24 heavy (non-hydrogen) atoms. The third-order valence-corrected chi connectivity index (χ3v) is 4.83. The number of rotatable bonds is 18. The second-order valence-corrected chi connectivity index (χ2v) is 7.35. The van der Waals surface area contributed by atoms with Crippen molar-refractivity contribution in [2.75, 3.05) is 6.61 Å². The summed E-state index contributed by atoms with van der Waals surface area (Å²) in [5.74, 6) is 0. The highest BCUT2D eigenvalue weighted by Crippen LogP contribution is 2.17. The maximum absolute atomic E-state index is 9.99. The first-order valence-corrected chi connectivity index (χ1v) is 10.6. The smallest absolute Gasteiger partial charge is 0.103 e. The molecule has 0 rings (SSSR count). The number of unbranched alkanes of at least 4 members (excludes halogenated alkanes) is 10. The zero-order valence-electron chi connectivity index (χ0n) is 16.6. The van der Waals surface area contributed by atoms with Crippen LogP contribution >= 0.6 is 0 Å². The van der Waals surface area contributed by atoms with Gasteiger partial charge in [0.05, 0.1) is 18.8 Å². The fraction of sp³-hybridized carbons (Fsp3) is 1.00. The summed E-state index contributed by atoms with van der Waals surface area (Å²) < 4.78 is 6.01. The van der Waals surface area contributed by atoms with E-state index in [1.165, 1.54) is 70.6 Å². The van der Waals surface area contributed by atoms with Crippen LogP contribution in [0.15, 0.2) is 0 Å². The van der Waals surface area contributed by atoms with Crippen molar-refractivity contribution in [3.63, 3.8) is 0 Å². The van der Waals surface area contributed by atoms with E-state index in [9.17, 15) is 10.2 Å². The standard InChI is InChI=1S/C21H44O3/c1-4-6-8-9-10-11-12-13-15-17-21(20(23)18-22)24-19(3)16-14-7-5-2/h19-23H,4-18H2,1-3H3. The Morgan fingerprint density at radius 2 is 1.17 bits per heavy atom. The van der Waals surface area contributed by atoms with Gasteiger partial charge < -0.3 is 14.9 Å². The van der Waals surface area contributed by atoms with Crippen LogP contribution in [0.4, 0.5) is 0 Å². The van der Waals surface area contributed by atoms with Crippen LogP contribution in [-0.2, 0) is 4.74 Å². The molecular formula is C21H44O3. The highest BCUT2D eigenvalue weighted by atomic mass is 16.5. The van der Waals surface area contributed by atoms with Crippen molar-refractivity contribution in [3.8, 4) is 0 Å². The molecule has 3 heteroatoms. The third-order valence-electron chi connectivity index (χ3n) is 4.83. The quantitative estimate of drug-likeness (QED) is 0.317. The van der Waals surface area contributed by atoms with Gasteiger partial charge in [-0.05, 0) is 19.8 Å². The van der Waals surface area contributed by atoms with Crippen molar-refractivity contribution in [2.24, 2.45) is 0 Å². The topological polar surface area (TPSA) is 49.7 Å². The first-order valence-electron chi connectivity index (χ1n) is 10.6. The van der Waals surface area contributed by atoms with Crippen LogP contribution in [0.25, 0.3) is 0 Å². The molecule has 0 aliphatic carbocycles. The zero-order valence-corrected chi connectivity index (χ0v) is 16.6. The van der Waals surface area contributed by atoms with E-state index in [0.29, 0.717) is 0 Å². The van der Waals surface area contributed by atoms with Crippen LogP contribution in [0.1, 0.15) is 111 Å². The summed E-state index contributed by atoms with van der Waals surface area (Å²) in [5, 5.41) is 19.2. The SMILES string of the molecule is CCCCCCCCCCCC(OC(C)CCCCC)C(O)CO. The molecule has 0 saturated heterocycles. The van der Waals surface area contributed by atoms with Gasteiger partial charge in [0.2, 0.25) is 0 Å². The van der Waals surface area contributed by atoms with E-state index < -0.39 is 6.10 Å². The van der Waals surface area contributed by atoms with Crippen molar-refractivity contribution in [1.82, 2.24) is 0 Å². The van der Waals surface area contributed by atoms with Crippen LogP contribution in [-0.4, -0.2) is 35.1 Å². The van der Waals surface area contributed by atoms with Crippen molar-refractivity contribution in [1.29, 1.82) is 0 Å². The minimum absolute atomic E-state index is 0.168. The van der Waals surface area contributed by atoms with E-state index in [4.69, 9.17) is 4.74 Å². The van der Waals surface area contributed by atoms with Gasteiger partial charge in [-0.3, -0.25) is 0 Å². The normalized spacial score (nSPS) is 15.4. The van der Waals surface area contributed by atoms with Gasteiger partial charge in [-0.1, -0.05) is 90.9 Å². The molecule has 3 nitrogen and oxygen atoms in total. The second-order valence-electron chi connectivity index (χ2n) is 7.35. The molecule has 0 spiro atoms. The third kappa shape index (κ3) is 14.2. The summed E-state index contributed by atoms with van der Waals surface area (Å²) in [6.45, 7) is 6.34. The molecule has 0 aromatic rings. The fourth-order valence-corrected chi connectivity index (χ4v) is 3.17. The Morgan fingerprint density at radius 1 is 0.708 bits per heavy atom. The van der Waals surface area contributed by atoms with Crippen LogP contribution in [0.3, 0.4) is 0 Å². The average Bonchev–Trinajstić information content (AvgIpc) is 2.58. The Balaban J connectivity index is 3.79. The molecule has 0 bridgehead atoms. The molecule has 0 aromatic carbocycles. The Bertz CT molecular complexity index is 245. The summed E-state index contributed by atoms with van der Waals surface area (Å²) in [6, 6.07) is 0. The van der Waals surface area contributed by atoms with Crippen LogP contribution in [0.2, 0.25) is 0 Å².